The summed E-state index contributed by atoms with van der Waals surface area (Å²) >= 11 is 5.70. The van der Waals surface area contributed by atoms with E-state index in [4.69, 9.17) is 15.8 Å². The van der Waals surface area contributed by atoms with Crippen LogP contribution >= 0.6 is 11.6 Å². The second-order valence-corrected chi connectivity index (χ2v) is 7.70. The topological polar surface area (TPSA) is 95.6 Å². The number of carbonyl (C=O) groups excluding carboxylic acids is 4. The lowest BCUT2D eigenvalue weighted by molar-refractivity contribution is -0.147. The zero-order valence-electron chi connectivity index (χ0n) is 19.4. The quantitative estimate of drug-likeness (QED) is 0.665. The van der Waals surface area contributed by atoms with Gasteiger partial charge in [0.2, 0.25) is 11.8 Å². The number of piperidine rings is 1. The first kappa shape index (κ1) is 18.3. The molecule has 0 aromatic heterocycles. The summed E-state index contributed by atoms with van der Waals surface area (Å²) in [6.07, 6.45) is -1.90. The molecule has 0 bridgehead atoms. The van der Waals surface area contributed by atoms with E-state index in [-0.39, 0.29) is 28.0 Å². The molecule has 10 heteroatoms. The maximum atomic E-state index is 14.6. The van der Waals surface area contributed by atoms with Crippen LogP contribution < -0.4 is 10.6 Å². The molecule has 4 amide bonds. The molecule has 7 nitrogen and oxygen atoms in total. The number of benzene rings is 2. The molecule has 166 valence electrons. The van der Waals surface area contributed by atoms with E-state index in [1.807, 2.05) is 5.32 Å². The van der Waals surface area contributed by atoms with Crippen molar-refractivity contribution in [1.82, 2.24) is 15.5 Å². The Morgan fingerprint density at radius 3 is 2.72 bits per heavy atom. The molecule has 2 heterocycles. The molecule has 0 spiro atoms. The third kappa shape index (κ3) is 4.08. The number of rotatable bonds is 5. The molecule has 2 aliphatic heterocycles. The number of hydrogen-bond donors (Lipinski definition) is 2. The van der Waals surface area contributed by atoms with Gasteiger partial charge in [0.05, 0.1) is 1.37 Å². The van der Waals surface area contributed by atoms with Crippen LogP contribution in [0.4, 0.5) is 8.78 Å². The molecule has 1 saturated heterocycles. The minimum atomic E-state index is -3.97. The number of nitrogens with one attached hydrogen (secondary N) is 2. The van der Waals surface area contributed by atoms with Crippen LogP contribution in [0.1, 0.15) is 42.6 Å². The Bertz CT molecular complexity index is 1250. The summed E-state index contributed by atoms with van der Waals surface area (Å²) in [5.74, 6) is -8.24. The average molecular weight is 465 g/mol. The van der Waals surface area contributed by atoms with Gasteiger partial charge < -0.3 is 10.2 Å². The highest BCUT2D eigenvalue weighted by Crippen LogP contribution is 2.30. The highest BCUT2D eigenvalue weighted by Gasteiger charge is 2.41. The minimum absolute atomic E-state index is 0.113. The number of imide groups is 1. The Labute approximate surface area is 191 Å². The molecular weight excluding hydrogens is 444 g/mol. The number of nitrogens with zero attached hydrogens (tertiary/aromatic N) is 1. The summed E-state index contributed by atoms with van der Waals surface area (Å²) in [6.45, 7) is -0.716. The lowest BCUT2D eigenvalue weighted by atomic mass is 10.0. The van der Waals surface area contributed by atoms with E-state index in [1.54, 1.807) is 0 Å². The number of carbonyl (C=O) groups is 4. The van der Waals surface area contributed by atoms with E-state index in [9.17, 15) is 28.0 Å². The Kier molecular flexibility index (Phi) is 4.74. The molecule has 2 aliphatic rings. The predicted octanol–water partition coefficient (Wildman–Crippen LogP) is 2.51. The van der Waals surface area contributed by atoms with Crippen LogP contribution in [0, 0.1) is 0 Å². The van der Waals surface area contributed by atoms with Gasteiger partial charge in [-0.05, 0) is 35.7 Å². The van der Waals surface area contributed by atoms with Crippen LogP contribution in [0.3, 0.4) is 0 Å². The van der Waals surface area contributed by atoms with Crippen molar-refractivity contribution in [2.75, 3.05) is 0 Å². The molecular formula is C22H18ClF2N3O4. The molecule has 4 rings (SSSR count). The van der Waals surface area contributed by atoms with Gasteiger partial charge in [-0.3, -0.25) is 24.5 Å². The Morgan fingerprint density at radius 1 is 1.28 bits per heavy atom. The third-order valence-corrected chi connectivity index (χ3v) is 5.41. The third-order valence-electron chi connectivity index (χ3n) is 5.16. The predicted molar refractivity (Wildman–Crippen MR) is 110 cm³/mol. The van der Waals surface area contributed by atoms with Crippen molar-refractivity contribution in [1.29, 1.82) is 0 Å². The number of hydrogen-bond acceptors (Lipinski definition) is 4. The fourth-order valence-corrected chi connectivity index (χ4v) is 3.61. The van der Waals surface area contributed by atoms with E-state index in [0.29, 0.717) is 5.56 Å². The van der Waals surface area contributed by atoms with Gasteiger partial charge in [-0.25, -0.2) is 0 Å². The van der Waals surface area contributed by atoms with Gasteiger partial charge in [0.25, 0.3) is 11.8 Å². The number of fused-ring (bicyclic) bond motifs is 1. The zero-order valence-corrected chi connectivity index (χ0v) is 17.2. The average Bonchev–Trinajstić information content (AvgIpc) is 3.14. The van der Waals surface area contributed by atoms with Crippen LogP contribution in [0.2, 0.25) is 6.43 Å². The molecule has 2 N–H and O–H groups in total. The van der Waals surface area contributed by atoms with Crippen molar-refractivity contribution in [2.24, 2.45) is 0 Å². The smallest absolute Gasteiger partial charge is 0.346 e. The maximum Gasteiger partial charge on any atom is 0.349 e. The zero-order chi connectivity index (χ0) is 25.7. The SMILES string of the molecule is [2H]C1CC([2H])(N2Cc3cc(CN([2H])C(=O)C(F)(F)c4ccc(Cl)cc4)ccc3C2=O)C(=O)NC1=O. The number of amides is 4. The highest BCUT2D eigenvalue weighted by atomic mass is 35.5. The number of halogens is 3. The Hall–Kier alpha value is -3.33. The first-order valence-corrected chi connectivity index (χ1v) is 9.88. The van der Waals surface area contributed by atoms with Crippen molar-refractivity contribution in [3.63, 3.8) is 0 Å². The fourth-order valence-electron chi connectivity index (χ4n) is 3.49. The second-order valence-electron chi connectivity index (χ2n) is 7.26. The summed E-state index contributed by atoms with van der Waals surface area (Å²) in [4.78, 5) is 50.0. The molecule has 2 aromatic rings. The Morgan fingerprint density at radius 2 is 2.00 bits per heavy atom. The van der Waals surface area contributed by atoms with E-state index < -0.39 is 60.5 Å². The van der Waals surface area contributed by atoms with Gasteiger partial charge >= 0.3 is 5.92 Å². The summed E-state index contributed by atoms with van der Waals surface area (Å²) in [6, 6.07) is 6.40. The number of alkyl halides is 2. The van der Waals surface area contributed by atoms with Gasteiger partial charge in [-0.2, -0.15) is 8.78 Å². The minimum Gasteiger partial charge on any atom is -0.346 e. The van der Waals surface area contributed by atoms with Crippen molar-refractivity contribution < 1.29 is 32.1 Å². The molecule has 32 heavy (non-hydrogen) atoms. The van der Waals surface area contributed by atoms with Crippen LogP contribution in [0.5, 0.6) is 0 Å². The molecule has 0 radical (unpaired) electrons. The van der Waals surface area contributed by atoms with Crippen molar-refractivity contribution in [3.05, 3.63) is 69.7 Å². The van der Waals surface area contributed by atoms with Crippen LogP contribution in [0.25, 0.3) is 0 Å². The van der Waals surface area contributed by atoms with Gasteiger partial charge in [0, 0.05) is 37.0 Å². The van der Waals surface area contributed by atoms with Crippen molar-refractivity contribution in [3.8, 4) is 0 Å². The van der Waals surface area contributed by atoms with Gasteiger partial charge in [-0.15, -0.1) is 0 Å². The molecule has 0 saturated carbocycles. The molecule has 2 aromatic carbocycles. The first-order chi connectivity index (χ1) is 16.3. The van der Waals surface area contributed by atoms with Crippen molar-refractivity contribution >= 4 is 35.2 Å². The summed E-state index contributed by atoms with van der Waals surface area (Å²) in [5.41, 5.74) is 0.169. The van der Waals surface area contributed by atoms with Crippen LogP contribution in [-0.4, -0.2) is 34.5 Å². The fraction of sp³-hybridized carbons (Fsp3) is 0.273. The Balaban J connectivity index is 1.51. The lowest BCUT2D eigenvalue weighted by Crippen LogP contribution is -2.52. The van der Waals surface area contributed by atoms with Crippen LogP contribution in [0.15, 0.2) is 42.5 Å². The molecule has 0 aliphatic carbocycles. The summed E-state index contributed by atoms with van der Waals surface area (Å²) in [7, 11) is 0. The monoisotopic (exact) mass is 464 g/mol. The van der Waals surface area contributed by atoms with E-state index >= 15 is 0 Å². The summed E-state index contributed by atoms with van der Waals surface area (Å²) < 4.78 is 53.3. The van der Waals surface area contributed by atoms with E-state index in [0.717, 1.165) is 17.0 Å². The summed E-state index contributed by atoms with van der Waals surface area (Å²) in [5, 5.41) is 2.26. The first-order valence-electron chi connectivity index (χ1n) is 11.0. The highest BCUT2D eigenvalue weighted by molar-refractivity contribution is 6.30. The van der Waals surface area contributed by atoms with Gasteiger partial charge in [0.1, 0.15) is 6.02 Å². The van der Waals surface area contributed by atoms with E-state index in [1.165, 1.54) is 30.3 Å². The largest absolute Gasteiger partial charge is 0.349 e. The molecule has 2 unspecified atom stereocenters. The normalized spacial score (nSPS) is 24.3. The maximum absolute atomic E-state index is 14.6. The molecule has 1 fully saturated rings. The second kappa shape index (κ2) is 8.31. The molecule has 2 atom stereocenters. The van der Waals surface area contributed by atoms with Gasteiger partial charge in [-0.1, -0.05) is 35.9 Å². The van der Waals surface area contributed by atoms with Crippen molar-refractivity contribution in [2.45, 2.75) is 37.8 Å². The van der Waals surface area contributed by atoms with Crippen LogP contribution in [-0.2, 0) is 33.4 Å². The van der Waals surface area contributed by atoms with Gasteiger partial charge in [0.15, 0.2) is 1.41 Å². The standard InChI is InChI=1S/C22H18ClF2N3O4/c23-15-4-2-14(3-5-15)22(24,25)21(32)26-10-12-1-6-16-13(9-12)11-28(20(16)31)17-7-8-18(29)27-19(17)30/h1-6,9,17H,7-8,10-11H2,(H,26,32)(H,27,29,30)/i8D,17D/hD. The lowest BCUT2D eigenvalue weighted by Gasteiger charge is -2.29. The van der Waals surface area contributed by atoms with E-state index in [2.05, 4.69) is 0 Å².